The first-order valence-corrected chi connectivity index (χ1v) is 10.7. The first kappa shape index (κ1) is 20.8. The lowest BCUT2D eigenvalue weighted by atomic mass is 10.2. The van der Waals surface area contributed by atoms with E-state index in [-0.39, 0.29) is 18.9 Å². The summed E-state index contributed by atoms with van der Waals surface area (Å²) in [5.41, 5.74) is 2.41. The van der Waals surface area contributed by atoms with E-state index in [2.05, 4.69) is 5.32 Å². The Morgan fingerprint density at radius 3 is 2.26 bits per heavy atom. The zero-order chi connectivity index (χ0) is 19.9. The van der Waals surface area contributed by atoms with Crippen LogP contribution in [0.5, 0.6) is 5.75 Å². The van der Waals surface area contributed by atoms with E-state index in [1.807, 2.05) is 38.1 Å². The van der Waals surface area contributed by atoms with Gasteiger partial charge in [0.05, 0.1) is 18.6 Å². The molecule has 0 radical (unpaired) electrons. The molecule has 0 bridgehead atoms. The zero-order valence-electron chi connectivity index (χ0n) is 15.9. The number of carbonyl (C=O) groups is 1. The minimum atomic E-state index is -3.44. The van der Waals surface area contributed by atoms with Gasteiger partial charge in [-0.15, -0.1) is 0 Å². The minimum Gasteiger partial charge on any atom is -0.494 e. The van der Waals surface area contributed by atoms with E-state index in [0.717, 1.165) is 17.5 Å². The van der Waals surface area contributed by atoms with Crippen molar-refractivity contribution in [2.24, 2.45) is 0 Å². The molecule has 6 nitrogen and oxygen atoms in total. The van der Waals surface area contributed by atoms with E-state index in [0.29, 0.717) is 24.5 Å². The number of hydrogen-bond acceptors (Lipinski definition) is 4. The van der Waals surface area contributed by atoms with Crippen LogP contribution in [0, 0.1) is 6.92 Å². The summed E-state index contributed by atoms with van der Waals surface area (Å²) in [6.45, 7) is 4.64. The number of nitrogens with one attached hydrogen (secondary N) is 1. The molecule has 2 aromatic carbocycles. The van der Waals surface area contributed by atoms with Gasteiger partial charge in [-0.3, -0.25) is 9.10 Å². The molecule has 1 amide bonds. The van der Waals surface area contributed by atoms with Crippen LogP contribution in [0.25, 0.3) is 0 Å². The van der Waals surface area contributed by atoms with Crippen molar-refractivity contribution in [1.29, 1.82) is 0 Å². The van der Waals surface area contributed by atoms with Gasteiger partial charge in [0.1, 0.15) is 5.75 Å². The second-order valence-corrected chi connectivity index (χ2v) is 8.19. The van der Waals surface area contributed by atoms with Gasteiger partial charge >= 0.3 is 0 Å². The highest BCUT2D eigenvalue weighted by molar-refractivity contribution is 7.92. The number of sulfonamides is 1. The Kier molecular flexibility index (Phi) is 7.24. The summed E-state index contributed by atoms with van der Waals surface area (Å²) in [6, 6.07) is 14.4. The van der Waals surface area contributed by atoms with Gasteiger partial charge in [0.2, 0.25) is 15.9 Å². The van der Waals surface area contributed by atoms with Gasteiger partial charge in [-0.05, 0) is 56.7 Å². The predicted octanol–water partition coefficient (Wildman–Crippen LogP) is 3.58. The average molecular weight is 391 g/mol. The number of benzene rings is 2. The highest BCUT2D eigenvalue weighted by atomic mass is 32.2. The number of nitrogens with zero attached hydrogens (tertiary/aromatic N) is 1. The molecule has 2 rings (SSSR count). The minimum absolute atomic E-state index is 0.140. The molecule has 2 aromatic rings. The van der Waals surface area contributed by atoms with Gasteiger partial charge in [0, 0.05) is 18.7 Å². The van der Waals surface area contributed by atoms with Crippen LogP contribution in [0.1, 0.15) is 25.3 Å². The summed E-state index contributed by atoms with van der Waals surface area (Å²) in [6.07, 6.45) is 1.81. The lowest BCUT2D eigenvalue weighted by molar-refractivity contribution is -0.116. The van der Waals surface area contributed by atoms with Crippen LogP contribution in [0.15, 0.2) is 48.5 Å². The van der Waals surface area contributed by atoms with Crippen molar-refractivity contribution in [3.05, 3.63) is 54.1 Å². The summed E-state index contributed by atoms with van der Waals surface area (Å²) in [4.78, 5) is 12.1. The van der Waals surface area contributed by atoms with E-state index >= 15 is 0 Å². The van der Waals surface area contributed by atoms with Crippen molar-refractivity contribution in [2.75, 3.05) is 29.0 Å². The van der Waals surface area contributed by atoms with Crippen molar-refractivity contribution in [1.82, 2.24) is 0 Å². The predicted molar refractivity (Wildman–Crippen MR) is 109 cm³/mol. The van der Waals surface area contributed by atoms with E-state index in [4.69, 9.17) is 4.74 Å². The molecule has 7 heteroatoms. The topological polar surface area (TPSA) is 75.7 Å². The van der Waals surface area contributed by atoms with Gasteiger partial charge < -0.3 is 10.1 Å². The number of amides is 1. The molecule has 0 aliphatic heterocycles. The quantitative estimate of drug-likeness (QED) is 0.710. The van der Waals surface area contributed by atoms with Crippen LogP contribution in [0.2, 0.25) is 0 Å². The SMILES string of the molecule is CCOc1ccc(N(CCCC(=O)Nc2ccc(C)cc2)S(C)(=O)=O)cc1. The summed E-state index contributed by atoms with van der Waals surface area (Å²) in [7, 11) is -3.44. The number of carbonyl (C=O) groups excluding carboxylic acids is 1. The maximum Gasteiger partial charge on any atom is 0.232 e. The maximum atomic E-state index is 12.1. The highest BCUT2D eigenvalue weighted by Crippen LogP contribution is 2.22. The molecule has 146 valence electrons. The smallest absolute Gasteiger partial charge is 0.232 e. The van der Waals surface area contributed by atoms with Crippen molar-refractivity contribution in [3.63, 3.8) is 0 Å². The summed E-state index contributed by atoms with van der Waals surface area (Å²) in [5, 5.41) is 2.82. The molecule has 0 saturated heterocycles. The molecule has 0 aromatic heterocycles. The number of rotatable bonds is 9. The zero-order valence-corrected chi connectivity index (χ0v) is 16.8. The van der Waals surface area contributed by atoms with Gasteiger partial charge in [-0.1, -0.05) is 17.7 Å². The lowest BCUT2D eigenvalue weighted by Crippen LogP contribution is -2.31. The Balaban J connectivity index is 1.94. The molecule has 0 atom stereocenters. The third-order valence-electron chi connectivity index (χ3n) is 3.94. The van der Waals surface area contributed by atoms with Gasteiger partial charge in [0.15, 0.2) is 0 Å². The number of hydrogen-bond donors (Lipinski definition) is 1. The molecule has 0 aliphatic rings. The lowest BCUT2D eigenvalue weighted by Gasteiger charge is -2.22. The second kappa shape index (κ2) is 9.41. The molecule has 0 spiro atoms. The number of ether oxygens (including phenoxy) is 1. The van der Waals surface area contributed by atoms with Gasteiger partial charge in [0.25, 0.3) is 0 Å². The van der Waals surface area contributed by atoms with Crippen LogP contribution < -0.4 is 14.4 Å². The fourth-order valence-corrected chi connectivity index (χ4v) is 3.57. The normalized spacial score (nSPS) is 11.1. The van der Waals surface area contributed by atoms with Crippen LogP contribution in [0.4, 0.5) is 11.4 Å². The molecular formula is C20H26N2O4S. The Morgan fingerprint density at radius 1 is 1.07 bits per heavy atom. The van der Waals surface area contributed by atoms with Crippen LogP contribution in [-0.4, -0.2) is 33.7 Å². The van der Waals surface area contributed by atoms with Crippen molar-refractivity contribution in [2.45, 2.75) is 26.7 Å². The first-order chi connectivity index (χ1) is 12.8. The van der Waals surface area contributed by atoms with E-state index in [1.54, 1.807) is 24.3 Å². The average Bonchev–Trinajstić information content (AvgIpc) is 2.61. The number of aryl methyl sites for hydroxylation is 1. The van der Waals surface area contributed by atoms with Crippen LogP contribution in [-0.2, 0) is 14.8 Å². The summed E-state index contributed by atoms with van der Waals surface area (Å²) >= 11 is 0. The van der Waals surface area contributed by atoms with Crippen molar-refractivity contribution < 1.29 is 17.9 Å². The van der Waals surface area contributed by atoms with Gasteiger partial charge in [-0.25, -0.2) is 8.42 Å². The molecule has 1 N–H and O–H groups in total. The number of anilines is 2. The monoisotopic (exact) mass is 390 g/mol. The summed E-state index contributed by atoms with van der Waals surface area (Å²) < 4.78 is 31.0. The Bertz CT molecular complexity index is 847. The first-order valence-electron chi connectivity index (χ1n) is 8.86. The molecule has 0 aliphatic carbocycles. The van der Waals surface area contributed by atoms with E-state index < -0.39 is 10.0 Å². The molecule has 0 heterocycles. The van der Waals surface area contributed by atoms with Gasteiger partial charge in [-0.2, -0.15) is 0 Å². The second-order valence-electron chi connectivity index (χ2n) is 6.28. The molecule has 0 fully saturated rings. The Labute approximate surface area is 161 Å². The highest BCUT2D eigenvalue weighted by Gasteiger charge is 2.17. The molecule has 27 heavy (non-hydrogen) atoms. The summed E-state index contributed by atoms with van der Waals surface area (Å²) in [5.74, 6) is 0.547. The van der Waals surface area contributed by atoms with Crippen molar-refractivity contribution >= 4 is 27.3 Å². The fourth-order valence-electron chi connectivity index (χ4n) is 2.61. The third-order valence-corrected chi connectivity index (χ3v) is 5.13. The fraction of sp³-hybridized carbons (Fsp3) is 0.350. The van der Waals surface area contributed by atoms with E-state index in [9.17, 15) is 13.2 Å². The van der Waals surface area contributed by atoms with Crippen LogP contribution >= 0.6 is 0 Å². The largest absolute Gasteiger partial charge is 0.494 e. The molecule has 0 saturated carbocycles. The maximum absolute atomic E-state index is 12.1. The van der Waals surface area contributed by atoms with Crippen LogP contribution in [0.3, 0.4) is 0 Å². The van der Waals surface area contributed by atoms with E-state index in [1.165, 1.54) is 4.31 Å². The third kappa shape index (κ3) is 6.60. The Hall–Kier alpha value is -2.54. The Morgan fingerprint density at radius 2 is 1.70 bits per heavy atom. The van der Waals surface area contributed by atoms with Crippen molar-refractivity contribution in [3.8, 4) is 5.75 Å². The molecular weight excluding hydrogens is 364 g/mol. The molecule has 0 unspecified atom stereocenters. The standard InChI is InChI=1S/C20H26N2O4S/c1-4-26-19-13-11-18(12-14-19)22(27(3,24)25)15-5-6-20(23)21-17-9-7-16(2)8-10-17/h7-14H,4-6,15H2,1-3H3,(H,21,23).